The lowest BCUT2D eigenvalue weighted by Gasteiger charge is -2.45. The largest absolute Gasteiger partial charge is 0.373 e. The maximum atomic E-state index is 12.2. The lowest BCUT2D eigenvalue weighted by atomic mass is 10.00. The van der Waals surface area contributed by atoms with Crippen LogP contribution in [0, 0.1) is 0 Å². The van der Waals surface area contributed by atoms with Gasteiger partial charge in [-0.2, -0.15) is 0 Å². The van der Waals surface area contributed by atoms with Crippen molar-refractivity contribution in [2.24, 2.45) is 0 Å². The molecule has 5 nitrogen and oxygen atoms in total. The normalized spacial score (nSPS) is 23.3. The number of rotatable bonds is 4. The summed E-state index contributed by atoms with van der Waals surface area (Å²) in [5, 5.41) is 3.36. The fourth-order valence-electron chi connectivity index (χ4n) is 2.69. The van der Waals surface area contributed by atoms with Gasteiger partial charge in [-0.1, -0.05) is 11.6 Å². The highest BCUT2D eigenvalue weighted by molar-refractivity contribution is 6.29. The molecule has 2 heterocycles. The van der Waals surface area contributed by atoms with Gasteiger partial charge in [-0.15, -0.1) is 0 Å². The number of amides is 1. The van der Waals surface area contributed by atoms with E-state index in [4.69, 9.17) is 16.3 Å². The summed E-state index contributed by atoms with van der Waals surface area (Å²) in [6.45, 7) is 10.7. The second kappa shape index (κ2) is 6.94. The molecule has 2 atom stereocenters. The van der Waals surface area contributed by atoms with Crippen molar-refractivity contribution in [3.8, 4) is 0 Å². The van der Waals surface area contributed by atoms with Crippen LogP contribution >= 0.6 is 11.6 Å². The smallest absolute Gasteiger partial charge is 0.252 e. The van der Waals surface area contributed by atoms with Crippen molar-refractivity contribution >= 4 is 17.5 Å². The number of aromatic nitrogens is 1. The molecule has 2 unspecified atom stereocenters. The topological polar surface area (TPSA) is 54.5 Å². The lowest BCUT2D eigenvalue weighted by Crippen LogP contribution is -2.58. The molecule has 0 radical (unpaired) electrons. The van der Waals surface area contributed by atoms with Crippen molar-refractivity contribution in [2.45, 2.75) is 45.4 Å². The number of carbonyl (C=O) groups is 1. The molecule has 1 aliphatic heterocycles. The highest BCUT2D eigenvalue weighted by Crippen LogP contribution is 2.20. The van der Waals surface area contributed by atoms with Crippen LogP contribution in [0.15, 0.2) is 18.3 Å². The number of hydrogen-bond acceptors (Lipinski definition) is 4. The average molecular weight is 326 g/mol. The predicted molar refractivity (Wildman–Crippen MR) is 87.2 cm³/mol. The van der Waals surface area contributed by atoms with Gasteiger partial charge in [-0.05, 0) is 39.8 Å². The standard InChI is InChI=1S/C16H24ClN3O2/c1-11-8-20(9-12(2)22-11)16(3,4)10-19-15(21)13-5-6-14(17)18-7-13/h5-7,11-12H,8-10H2,1-4H3,(H,19,21). The van der Waals surface area contributed by atoms with Crippen LogP contribution in [0.2, 0.25) is 5.15 Å². The van der Waals surface area contributed by atoms with Gasteiger partial charge in [0.1, 0.15) is 5.15 Å². The van der Waals surface area contributed by atoms with Crippen LogP contribution in [0.5, 0.6) is 0 Å². The highest BCUT2D eigenvalue weighted by atomic mass is 35.5. The molecule has 0 aromatic carbocycles. The van der Waals surface area contributed by atoms with Crippen molar-refractivity contribution < 1.29 is 9.53 Å². The van der Waals surface area contributed by atoms with E-state index in [9.17, 15) is 4.79 Å². The predicted octanol–water partition coefficient (Wildman–Crippen LogP) is 2.35. The zero-order valence-corrected chi connectivity index (χ0v) is 14.4. The van der Waals surface area contributed by atoms with Crippen LogP contribution in [-0.4, -0.2) is 53.2 Å². The number of morpholine rings is 1. The monoisotopic (exact) mass is 325 g/mol. The van der Waals surface area contributed by atoms with E-state index in [2.05, 4.69) is 42.9 Å². The van der Waals surface area contributed by atoms with Crippen LogP contribution in [-0.2, 0) is 4.74 Å². The number of ether oxygens (including phenoxy) is 1. The molecule has 0 saturated carbocycles. The van der Waals surface area contributed by atoms with Gasteiger partial charge in [-0.25, -0.2) is 4.98 Å². The van der Waals surface area contributed by atoms with Crippen LogP contribution in [0.3, 0.4) is 0 Å². The number of carbonyl (C=O) groups excluding carboxylic acids is 1. The van der Waals surface area contributed by atoms with E-state index in [1.807, 2.05) is 0 Å². The molecule has 2 rings (SSSR count). The third-order valence-electron chi connectivity index (χ3n) is 3.95. The Labute approximate surface area is 137 Å². The van der Waals surface area contributed by atoms with E-state index in [-0.39, 0.29) is 23.7 Å². The van der Waals surface area contributed by atoms with Crippen LogP contribution < -0.4 is 5.32 Å². The van der Waals surface area contributed by atoms with Gasteiger partial charge >= 0.3 is 0 Å². The summed E-state index contributed by atoms with van der Waals surface area (Å²) in [4.78, 5) is 18.5. The van der Waals surface area contributed by atoms with Crippen molar-refractivity contribution in [1.82, 2.24) is 15.2 Å². The molecule has 1 aliphatic rings. The zero-order chi connectivity index (χ0) is 16.3. The van der Waals surface area contributed by atoms with Crippen molar-refractivity contribution in [1.29, 1.82) is 0 Å². The summed E-state index contributed by atoms with van der Waals surface area (Å²) in [6, 6.07) is 3.30. The molecule has 1 aromatic heterocycles. The van der Waals surface area contributed by atoms with E-state index in [1.165, 1.54) is 6.20 Å². The average Bonchev–Trinajstić information content (AvgIpc) is 2.44. The molecule has 22 heavy (non-hydrogen) atoms. The Morgan fingerprint density at radius 2 is 2.05 bits per heavy atom. The first-order valence-electron chi connectivity index (χ1n) is 7.58. The lowest BCUT2D eigenvalue weighted by molar-refractivity contribution is -0.0948. The van der Waals surface area contributed by atoms with Crippen molar-refractivity contribution in [3.05, 3.63) is 29.0 Å². The van der Waals surface area contributed by atoms with Gasteiger partial charge in [-0.3, -0.25) is 9.69 Å². The molecule has 0 spiro atoms. The molecule has 1 amide bonds. The molecule has 0 aliphatic carbocycles. The Hall–Kier alpha value is -1.17. The quantitative estimate of drug-likeness (QED) is 0.863. The van der Waals surface area contributed by atoms with Gasteiger partial charge in [0.25, 0.3) is 5.91 Å². The number of hydrogen-bond donors (Lipinski definition) is 1. The molecular weight excluding hydrogens is 302 g/mol. The Bertz CT molecular complexity index is 509. The summed E-state index contributed by atoms with van der Waals surface area (Å²) in [5.41, 5.74) is 0.380. The van der Waals surface area contributed by atoms with Crippen LogP contribution in [0.4, 0.5) is 0 Å². The number of halogens is 1. The van der Waals surface area contributed by atoms with E-state index < -0.39 is 0 Å². The second-order valence-corrected chi connectivity index (χ2v) is 6.91. The first-order valence-corrected chi connectivity index (χ1v) is 7.96. The molecule has 6 heteroatoms. The summed E-state index contributed by atoms with van der Waals surface area (Å²) < 4.78 is 5.77. The van der Waals surface area contributed by atoms with Gasteiger partial charge in [0.15, 0.2) is 0 Å². The summed E-state index contributed by atoms with van der Waals surface area (Å²) >= 11 is 5.73. The molecule has 1 fully saturated rings. The minimum atomic E-state index is -0.137. The van der Waals surface area contributed by atoms with Gasteiger partial charge in [0, 0.05) is 31.4 Å². The fourth-order valence-corrected chi connectivity index (χ4v) is 2.80. The molecule has 1 saturated heterocycles. The molecule has 122 valence electrons. The third kappa shape index (κ3) is 4.41. The number of pyridine rings is 1. The third-order valence-corrected chi connectivity index (χ3v) is 4.17. The van der Waals surface area contributed by atoms with Gasteiger partial charge < -0.3 is 10.1 Å². The van der Waals surface area contributed by atoms with Gasteiger partial charge in [0.2, 0.25) is 0 Å². The molecule has 0 bridgehead atoms. The maximum absolute atomic E-state index is 12.2. The maximum Gasteiger partial charge on any atom is 0.252 e. The van der Waals surface area contributed by atoms with E-state index in [1.54, 1.807) is 12.1 Å². The van der Waals surface area contributed by atoms with Crippen molar-refractivity contribution in [2.75, 3.05) is 19.6 Å². The van der Waals surface area contributed by atoms with Gasteiger partial charge in [0.05, 0.1) is 17.8 Å². The minimum Gasteiger partial charge on any atom is -0.373 e. The van der Waals surface area contributed by atoms with Crippen LogP contribution in [0.25, 0.3) is 0 Å². The summed E-state index contributed by atoms with van der Waals surface area (Å²) in [6.07, 6.45) is 1.90. The van der Waals surface area contributed by atoms with E-state index in [0.29, 0.717) is 17.3 Å². The first-order chi connectivity index (χ1) is 10.3. The van der Waals surface area contributed by atoms with Crippen molar-refractivity contribution in [3.63, 3.8) is 0 Å². The number of nitrogens with one attached hydrogen (secondary N) is 1. The minimum absolute atomic E-state index is 0.133. The van der Waals surface area contributed by atoms with E-state index in [0.717, 1.165) is 13.1 Å². The number of nitrogens with zero attached hydrogens (tertiary/aromatic N) is 2. The molecular formula is C16H24ClN3O2. The first kappa shape index (κ1) is 17.2. The Kier molecular flexibility index (Phi) is 5.42. The fraction of sp³-hybridized carbons (Fsp3) is 0.625. The zero-order valence-electron chi connectivity index (χ0n) is 13.6. The SMILES string of the molecule is CC1CN(C(C)(C)CNC(=O)c2ccc(Cl)nc2)CC(C)O1. The molecule has 1 N–H and O–H groups in total. The Morgan fingerprint density at radius 3 is 2.59 bits per heavy atom. The summed E-state index contributed by atoms with van der Waals surface area (Å²) in [5.74, 6) is -0.133. The van der Waals surface area contributed by atoms with E-state index >= 15 is 0 Å². The Balaban J connectivity index is 1.94. The highest BCUT2D eigenvalue weighted by Gasteiger charge is 2.33. The Morgan fingerprint density at radius 1 is 1.41 bits per heavy atom. The second-order valence-electron chi connectivity index (χ2n) is 6.53. The van der Waals surface area contributed by atoms with Crippen LogP contribution in [0.1, 0.15) is 38.1 Å². The summed E-state index contributed by atoms with van der Waals surface area (Å²) in [7, 11) is 0. The molecule has 1 aromatic rings.